The van der Waals surface area contributed by atoms with Crippen LogP contribution in [0, 0.1) is 6.92 Å². The lowest BCUT2D eigenvalue weighted by molar-refractivity contribution is 0.569. The van der Waals surface area contributed by atoms with Crippen LogP contribution in [0.1, 0.15) is 30.8 Å². The van der Waals surface area contributed by atoms with E-state index < -0.39 is 0 Å². The van der Waals surface area contributed by atoms with Crippen LogP contribution in [0.15, 0.2) is 18.5 Å². The quantitative estimate of drug-likeness (QED) is 0.845. The third-order valence-electron chi connectivity index (χ3n) is 3.08. The van der Waals surface area contributed by atoms with Crippen LogP contribution in [0.2, 0.25) is 0 Å². The molecule has 0 amide bonds. The van der Waals surface area contributed by atoms with Gasteiger partial charge in [0.25, 0.3) is 0 Å². The highest BCUT2D eigenvalue weighted by Gasteiger charge is 2.05. The zero-order chi connectivity index (χ0) is 13.0. The average molecular weight is 247 g/mol. The highest BCUT2D eigenvalue weighted by atomic mass is 15.3. The molecule has 5 nitrogen and oxygen atoms in total. The summed E-state index contributed by atoms with van der Waals surface area (Å²) in [4.78, 5) is 0. The topological polar surface area (TPSA) is 47.7 Å². The van der Waals surface area contributed by atoms with Crippen molar-refractivity contribution in [3.63, 3.8) is 0 Å². The number of aryl methyl sites for hydroxylation is 3. The molecule has 98 valence electrons. The molecule has 0 fully saturated rings. The van der Waals surface area contributed by atoms with E-state index >= 15 is 0 Å². The largest absolute Gasteiger partial charge is 0.305 e. The van der Waals surface area contributed by atoms with Gasteiger partial charge in [0, 0.05) is 32.4 Å². The summed E-state index contributed by atoms with van der Waals surface area (Å²) in [6.45, 7) is 9.76. The molecule has 0 saturated carbocycles. The molecule has 2 rings (SSSR count). The normalized spacial score (nSPS) is 11.1. The monoisotopic (exact) mass is 247 g/mol. The predicted octanol–water partition coefficient (Wildman–Crippen LogP) is 1.72. The third-order valence-corrected chi connectivity index (χ3v) is 3.08. The Labute approximate surface area is 108 Å². The van der Waals surface area contributed by atoms with Crippen molar-refractivity contribution in [2.45, 2.75) is 47.0 Å². The maximum absolute atomic E-state index is 4.44. The Morgan fingerprint density at radius 2 is 2.06 bits per heavy atom. The van der Waals surface area contributed by atoms with Gasteiger partial charge in [-0.05, 0) is 32.4 Å². The van der Waals surface area contributed by atoms with Crippen LogP contribution < -0.4 is 5.32 Å². The summed E-state index contributed by atoms with van der Waals surface area (Å²) in [6, 6.07) is 2.06. The minimum Gasteiger partial charge on any atom is -0.305 e. The van der Waals surface area contributed by atoms with Gasteiger partial charge in [0.1, 0.15) is 0 Å². The molecule has 1 N–H and O–H groups in total. The highest BCUT2D eigenvalue weighted by molar-refractivity contribution is 5.15. The number of hydrogen-bond acceptors (Lipinski definition) is 3. The summed E-state index contributed by atoms with van der Waals surface area (Å²) < 4.78 is 3.98. The van der Waals surface area contributed by atoms with E-state index in [1.54, 1.807) is 0 Å². The number of hydrogen-bond donors (Lipinski definition) is 1. The SMILES string of the molecule is CCn1ccc(CNCc2c(C)cnn2CC)n1. The molecule has 0 spiro atoms. The van der Waals surface area contributed by atoms with Crippen LogP contribution in [-0.4, -0.2) is 19.6 Å². The first-order valence-corrected chi connectivity index (χ1v) is 6.49. The van der Waals surface area contributed by atoms with Gasteiger partial charge in [-0.25, -0.2) is 0 Å². The van der Waals surface area contributed by atoms with Crippen LogP contribution in [0.5, 0.6) is 0 Å². The van der Waals surface area contributed by atoms with Crippen LogP contribution in [0.4, 0.5) is 0 Å². The van der Waals surface area contributed by atoms with Crippen molar-refractivity contribution in [1.82, 2.24) is 24.9 Å². The summed E-state index contributed by atoms with van der Waals surface area (Å²) in [5.74, 6) is 0. The van der Waals surface area contributed by atoms with E-state index in [9.17, 15) is 0 Å². The molecular weight excluding hydrogens is 226 g/mol. The molecular formula is C13H21N5. The molecule has 0 aliphatic carbocycles. The van der Waals surface area contributed by atoms with Gasteiger partial charge in [-0.2, -0.15) is 10.2 Å². The first-order valence-electron chi connectivity index (χ1n) is 6.49. The summed E-state index contributed by atoms with van der Waals surface area (Å²) in [5.41, 5.74) is 3.58. The standard InChI is InChI=1S/C13H21N5/c1-4-17-7-6-12(16-17)9-14-10-13-11(3)8-15-18(13)5-2/h6-8,14H,4-5,9-10H2,1-3H3. The summed E-state index contributed by atoms with van der Waals surface area (Å²) >= 11 is 0. The van der Waals surface area contributed by atoms with Crippen LogP contribution in [-0.2, 0) is 26.2 Å². The molecule has 0 unspecified atom stereocenters. The molecule has 2 aromatic rings. The maximum atomic E-state index is 4.44. The van der Waals surface area contributed by atoms with Crippen molar-refractivity contribution in [3.8, 4) is 0 Å². The molecule has 0 bridgehead atoms. The number of nitrogens with one attached hydrogen (secondary N) is 1. The van der Waals surface area contributed by atoms with Crippen molar-refractivity contribution < 1.29 is 0 Å². The lowest BCUT2D eigenvalue weighted by atomic mass is 10.2. The molecule has 18 heavy (non-hydrogen) atoms. The Hall–Kier alpha value is -1.62. The summed E-state index contributed by atoms with van der Waals surface area (Å²) in [7, 11) is 0. The summed E-state index contributed by atoms with van der Waals surface area (Å²) in [6.07, 6.45) is 3.94. The van der Waals surface area contributed by atoms with Crippen LogP contribution >= 0.6 is 0 Å². The fourth-order valence-corrected chi connectivity index (χ4v) is 1.99. The van der Waals surface area contributed by atoms with E-state index in [4.69, 9.17) is 0 Å². The fraction of sp³-hybridized carbons (Fsp3) is 0.538. The van der Waals surface area contributed by atoms with Gasteiger partial charge in [-0.15, -0.1) is 0 Å². The molecule has 0 aliphatic heterocycles. The van der Waals surface area contributed by atoms with Crippen LogP contribution in [0.3, 0.4) is 0 Å². The van der Waals surface area contributed by atoms with Gasteiger partial charge in [-0.1, -0.05) is 0 Å². The number of aromatic nitrogens is 4. The van der Waals surface area contributed by atoms with Crippen molar-refractivity contribution in [2.75, 3.05) is 0 Å². The molecule has 5 heteroatoms. The molecule has 2 aromatic heterocycles. The highest BCUT2D eigenvalue weighted by Crippen LogP contribution is 2.07. The van der Waals surface area contributed by atoms with E-state index in [0.29, 0.717) is 0 Å². The van der Waals surface area contributed by atoms with E-state index in [1.807, 2.05) is 21.8 Å². The Bertz CT molecular complexity index is 497. The minimum atomic E-state index is 0.793. The number of nitrogens with zero attached hydrogens (tertiary/aromatic N) is 4. The van der Waals surface area contributed by atoms with Gasteiger partial charge in [0.15, 0.2) is 0 Å². The second-order valence-electron chi connectivity index (χ2n) is 4.36. The molecule has 0 aromatic carbocycles. The van der Waals surface area contributed by atoms with Gasteiger partial charge in [0.05, 0.1) is 17.6 Å². The van der Waals surface area contributed by atoms with Crippen LogP contribution in [0.25, 0.3) is 0 Å². The smallest absolute Gasteiger partial charge is 0.0762 e. The Morgan fingerprint density at radius 3 is 2.72 bits per heavy atom. The molecule has 0 atom stereocenters. The van der Waals surface area contributed by atoms with Crippen molar-refractivity contribution in [3.05, 3.63) is 35.4 Å². The summed E-state index contributed by atoms with van der Waals surface area (Å²) in [5, 5.41) is 12.2. The lowest BCUT2D eigenvalue weighted by Gasteiger charge is -2.07. The maximum Gasteiger partial charge on any atom is 0.0762 e. The van der Waals surface area contributed by atoms with Gasteiger partial charge in [0.2, 0.25) is 0 Å². The Balaban J connectivity index is 1.90. The van der Waals surface area contributed by atoms with Gasteiger partial charge >= 0.3 is 0 Å². The van der Waals surface area contributed by atoms with Crippen molar-refractivity contribution in [2.24, 2.45) is 0 Å². The van der Waals surface area contributed by atoms with E-state index in [-0.39, 0.29) is 0 Å². The minimum absolute atomic E-state index is 0.793. The zero-order valence-electron chi connectivity index (χ0n) is 11.3. The van der Waals surface area contributed by atoms with Crippen molar-refractivity contribution in [1.29, 1.82) is 0 Å². The molecule has 0 aliphatic rings. The van der Waals surface area contributed by atoms with Gasteiger partial charge < -0.3 is 5.32 Å². The Kier molecular flexibility index (Phi) is 4.15. The molecule has 0 radical (unpaired) electrons. The second-order valence-corrected chi connectivity index (χ2v) is 4.36. The average Bonchev–Trinajstić information content (AvgIpc) is 2.97. The number of rotatable bonds is 6. The first kappa shape index (κ1) is 12.8. The van der Waals surface area contributed by atoms with E-state index in [0.717, 1.165) is 31.9 Å². The fourth-order valence-electron chi connectivity index (χ4n) is 1.99. The second kappa shape index (κ2) is 5.82. The van der Waals surface area contributed by atoms with Gasteiger partial charge in [-0.3, -0.25) is 9.36 Å². The zero-order valence-corrected chi connectivity index (χ0v) is 11.3. The van der Waals surface area contributed by atoms with E-state index in [2.05, 4.69) is 42.4 Å². The Morgan fingerprint density at radius 1 is 1.22 bits per heavy atom. The third kappa shape index (κ3) is 2.79. The van der Waals surface area contributed by atoms with Crippen molar-refractivity contribution >= 4 is 0 Å². The molecule has 2 heterocycles. The van der Waals surface area contributed by atoms with E-state index in [1.165, 1.54) is 11.3 Å². The lowest BCUT2D eigenvalue weighted by Crippen LogP contribution is -2.17. The predicted molar refractivity (Wildman–Crippen MR) is 71.1 cm³/mol. The molecule has 0 saturated heterocycles. The first-order chi connectivity index (χ1) is 8.74.